The van der Waals surface area contributed by atoms with Gasteiger partial charge in [0.2, 0.25) is 5.78 Å². The van der Waals surface area contributed by atoms with Gasteiger partial charge in [-0.3, -0.25) is 18.3 Å². The maximum atomic E-state index is 13.2. The molecule has 7 heteroatoms. The number of hydrogen-bond acceptors (Lipinski definition) is 3. The Bertz CT molecular complexity index is 1110. The van der Waals surface area contributed by atoms with E-state index in [1.807, 2.05) is 11.3 Å². The quantitative estimate of drug-likeness (QED) is 0.667. The number of aryl methyl sites for hydroxylation is 3. The van der Waals surface area contributed by atoms with Crippen molar-refractivity contribution in [3.05, 3.63) is 32.2 Å². The summed E-state index contributed by atoms with van der Waals surface area (Å²) in [6.07, 6.45) is 1.82. The van der Waals surface area contributed by atoms with Gasteiger partial charge in [-0.15, -0.1) is 0 Å². The highest BCUT2D eigenvalue weighted by Gasteiger charge is 2.22. The first-order valence-corrected chi connectivity index (χ1v) is 9.82. The van der Waals surface area contributed by atoms with E-state index in [-0.39, 0.29) is 11.2 Å². The second kappa shape index (κ2) is 7.02. The van der Waals surface area contributed by atoms with E-state index in [0.29, 0.717) is 29.5 Å². The van der Waals surface area contributed by atoms with Gasteiger partial charge in [0, 0.05) is 31.5 Å². The minimum absolute atomic E-state index is 0.245. The monoisotopic (exact) mass is 373 g/mol. The summed E-state index contributed by atoms with van der Waals surface area (Å²) in [7, 11) is 1.70. The van der Waals surface area contributed by atoms with E-state index >= 15 is 0 Å². The van der Waals surface area contributed by atoms with E-state index in [2.05, 4.69) is 39.2 Å². The summed E-state index contributed by atoms with van der Waals surface area (Å²) in [4.78, 5) is 30.7. The topological polar surface area (TPSA) is 66.2 Å². The molecule has 0 saturated carbocycles. The van der Waals surface area contributed by atoms with Crippen LogP contribution in [-0.2, 0) is 20.1 Å². The lowest BCUT2D eigenvalue weighted by atomic mass is 10.1. The summed E-state index contributed by atoms with van der Waals surface area (Å²) < 4.78 is 6.96. The predicted octanol–water partition coefficient (Wildman–Crippen LogP) is 2.86. The van der Waals surface area contributed by atoms with Gasteiger partial charge in [-0.2, -0.15) is 4.98 Å². The maximum absolute atomic E-state index is 13.2. The number of rotatable bonds is 6. The number of hydrogen-bond donors (Lipinski definition) is 0. The fourth-order valence-electron chi connectivity index (χ4n) is 3.55. The molecule has 0 aliphatic rings. The summed E-state index contributed by atoms with van der Waals surface area (Å²) >= 11 is 0. The van der Waals surface area contributed by atoms with Gasteiger partial charge < -0.3 is 4.57 Å². The van der Waals surface area contributed by atoms with Crippen LogP contribution >= 0.6 is 0 Å². The van der Waals surface area contributed by atoms with Crippen molar-refractivity contribution in [2.75, 3.05) is 0 Å². The third-order valence-corrected chi connectivity index (χ3v) is 5.49. The molecule has 27 heavy (non-hydrogen) atoms. The van der Waals surface area contributed by atoms with Crippen molar-refractivity contribution in [2.45, 2.75) is 67.5 Å². The fraction of sp³-hybridized carbons (Fsp3) is 0.650. The highest BCUT2D eigenvalue weighted by molar-refractivity contribution is 5.76. The van der Waals surface area contributed by atoms with Crippen LogP contribution in [0.15, 0.2) is 9.59 Å². The average molecular weight is 374 g/mol. The zero-order valence-electron chi connectivity index (χ0n) is 17.5. The lowest BCUT2D eigenvalue weighted by Gasteiger charge is -2.10. The zero-order valence-corrected chi connectivity index (χ0v) is 17.5. The van der Waals surface area contributed by atoms with Crippen LogP contribution in [0.4, 0.5) is 0 Å². The Hall–Kier alpha value is -2.31. The summed E-state index contributed by atoms with van der Waals surface area (Å²) in [5.74, 6) is 1.74. The largest absolute Gasteiger partial charge is 0.332 e. The first-order valence-electron chi connectivity index (χ1n) is 9.82. The van der Waals surface area contributed by atoms with Gasteiger partial charge >= 0.3 is 5.69 Å². The van der Waals surface area contributed by atoms with Crippen molar-refractivity contribution >= 4 is 16.9 Å². The fourth-order valence-corrected chi connectivity index (χ4v) is 3.55. The van der Waals surface area contributed by atoms with Gasteiger partial charge in [-0.25, -0.2) is 4.79 Å². The second-order valence-corrected chi connectivity index (χ2v) is 8.41. The molecule has 0 saturated heterocycles. The highest BCUT2D eigenvalue weighted by atomic mass is 16.2. The van der Waals surface area contributed by atoms with Crippen molar-refractivity contribution in [3.63, 3.8) is 0 Å². The van der Waals surface area contributed by atoms with Crippen molar-refractivity contribution in [3.8, 4) is 0 Å². The second-order valence-electron chi connectivity index (χ2n) is 8.41. The van der Waals surface area contributed by atoms with Crippen molar-refractivity contribution in [2.24, 2.45) is 18.9 Å². The van der Waals surface area contributed by atoms with E-state index in [1.165, 1.54) is 9.13 Å². The van der Waals surface area contributed by atoms with Crippen LogP contribution in [0.25, 0.3) is 16.9 Å². The van der Waals surface area contributed by atoms with Crippen LogP contribution in [0.1, 0.15) is 51.9 Å². The van der Waals surface area contributed by atoms with Crippen LogP contribution in [0.5, 0.6) is 0 Å². The summed E-state index contributed by atoms with van der Waals surface area (Å²) in [5, 5.41) is 0. The van der Waals surface area contributed by atoms with Gasteiger partial charge in [-0.1, -0.05) is 27.7 Å². The maximum Gasteiger partial charge on any atom is 0.332 e. The minimum atomic E-state index is -0.294. The molecule has 3 heterocycles. The molecule has 3 aromatic heterocycles. The van der Waals surface area contributed by atoms with Crippen LogP contribution in [0, 0.1) is 25.7 Å². The Morgan fingerprint density at radius 3 is 2.00 bits per heavy atom. The van der Waals surface area contributed by atoms with Gasteiger partial charge in [0.1, 0.15) is 0 Å². The standard InChI is InChI=1S/C20H31N5O2/c1-12(2)8-10-23-14(5)15(6)25-16-17(21-19(23)25)22(7)20(27)24(18(16)26)11-9-13(3)4/h12-13H,8-11H2,1-7H3. The third-order valence-electron chi connectivity index (χ3n) is 5.49. The molecule has 3 rings (SSSR count). The van der Waals surface area contributed by atoms with Crippen molar-refractivity contribution < 1.29 is 0 Å². The smallest absolute Gasteiger partial charge is 0.314 e. The molecule has 0 fully saturated rings. The SMILES string of the molecule is Cc1c(C)n2c3c(=O)n(CCC(C)C)c(=O)n(C)c3nc2n1CCC(C)C. The first-order chi connectivity index (χ1) is 12.6. The minimum Gasteiger partial charge on any atom is -0.314 e. The highest BCUT2D eigenvalue weighted by Crippen LogP contribution is 2.21. The molecule has 0 aliphatic carbocycles. The van der Waals surface area contributed by atoms with Gasteiger partial charge in [-0.05, 0) is 38.5 Å². The van der Waals surface area contributed by atoms with Gasteiger partial charge in [0.15, 0.2) is 11.2 Å². The zero-order chi connectivity index (χ0) is 20.0. The van der Waals surface area contributed by atoms with E-state index < -0.39 is 0 Å². The molecule has 0 atom stereocenters. The summed E-state index contributed by atoms with van der Waals surface area (Å²) in [5.41, 5.74) is 2.54. The summed E-state index contributed by atoms with van der Waals surface area (Å²) in [6.45, 7) is 13.9. The number of nitrogens with zero attached hydrogens (tertiary/aromatic N) is 5. The Morgan fingerprint density at radius 1 is 0.889 bits per heavy atom. The summed E-state index contributed by atoms with van der Waals surface area (Å²) in [6, 6.07) is 0. The average Bonchev–Trinajstić information content (AvgIpc) is 3.08. The van der Waals surface area contributed by atoms with E-state index in [4.69, 9.17) is 4.98 Å². The molecule has 7 nitrogen and oxygen atoms in total. The van der Waals surface area contributed by atoms with Crippen molar-refractivity contribution in [1.29, 1.82) is 0 Å². The lowest BCUT2D eigenvalue weighted by Crippen LogP contribution is -2.39. The molecule has 0 N–H and O–H groups in total. The Kier molecular flexibility index (Phi) is 5.06. The van der Waals surface area contributed by atoms with Gasteiger partial charge in [0.05, 0.1) is 0 Å². The molecular formula is C20H31N5O2. The molecule has 0 bridgehead atoms. The number of aromatic nitrogens is 5. The molecule has 0 aromatic carbocycles. The number of fused-ring (bicyclic) bond motifs is 3. The third kappa shape index (κ3) is 3.13. The molecule has 0 aliphatic heterocycles. The normalized spacial score (nSPS) is 12.3. The van der Waals surface area contributed by atoms with E-state index in [0.717, 1.165) is 36.6 Å². The van der Waals surface area contributed by atoms with Crippen molar-refractivity contribution in [1.82, 2.24) is 23.1 Å². The molecule has 0 amide bonds. The van der Waals surface area contributed by atoms with Crippen LogP contribution in [-0.4, -0.2) is 23.1 Å². The van der Waals surface area contributed by atoms with E-state index in [9.17, 15) is 9.59 Å². The molecule has 0 spiro atoms. The van der Waals surface area contributed by atoms with Crippen LogP contribution < -0.4 is 11.2 Å². The molecular weight excluding hydrogens is 342 g/mol. The number of imidazole rings is 2. The molecule has 148 valence electrons. The Morgan fingerprint density at radius 2 is 1.44 bits per heavy atom. The first kappa shape index (κ1) is 19.5. The van der Waals surface area contributed by atoms with E-state index in [1.54, 1.807) is 7.05 Å². The molecule has 0 radical (unpaired) electrons. The molecule has 3 aromatic rings. The van der Waals surface area contributed by atoms with Crippen LogP contribution in [0.2, 0.25) is 0 Å². The van der Waals surface area contributed by atoms with Gasteiger partial charge in [0.25, 0.3) is 5.56 Å². The lowest BCUT2D eigenvalue weighted by molar-refractivity contribution is 0.488. The van der Waals surface area contributed by atoms with Crippen LogP contribution in [0.3, 0.4) is 0 Å². The molecule has 0 unspecified atom stereocenters. The predicted molar refractivity (Wildman–Crippen MR) is 109 cm³/mol. The Balaban J connectivity index is 2.32. The Labute approximate surface area is 159 Å².